The van der Waals surface area contributed by atoms with Crippen LogP contribution in [0.5, 0.6) is 0 Å². The van der Waals surface area contributed by atoms with Crippen LogP contribution in [0.1, 0.15) is 36.8 Å². The van der Waals surface area contributed by atoms with Gasteiger partial charge in [-0.1, -0.05) is 30.7 Å². The molecule has 0 aromatic heterocycles. The summed E-state index contributed by atoms with van der Waals surface area (Å²) in [5, 5.41) is 3.42. The Hall–Kier alpha value is -0.860. The molecule has 1 heterocycles. The Morgan fingerprint density at radius 2 is 2.05 bits per heavy atom. The highest BCUT2D eigenvalue weighted by molar-refractivity contribution is 5.26. The molecule has 0 radical (unpaired) electrons. The maximum absolute atomic E-state index is 3.42. The second-order valence-electron chi connectivity index (χ2n) is 6.06. The molecule has 2 rings (SSSR count). The Morgan fingerprint density at radius 1 is 1.26 bits per heavy atom. The predicted molar refractivity (Wildman–Crippen MR) is 82.6 cm³/mol. The molecule has 1 fully saturated rings. The van der Waals surface area contributed by atoms with Crippen LogP contribution in [0.15, 0.2) is 24.3 Å². The maximum Gasteiger partial charge on any atom is 0.0333 e. The molecule has 1 aliphatic rings. The van der Waals surface area contributed by atoms with Crippen LogP contribution in [-0.4, -0.2) is 37.6 Å². The van der Waals surface area contributed by atoms with E-state index in [1.165, 1.54) is 49.8 Å². The highest BCUT2D eigenvalue weighted by Crippen LogP contribution is 2.31. The minimum absolute atomic E-state index is 0.356. The summed E-state index contributed by atoms with van der Waals surface area (Å²) in [4.78, 5) is 2.59. The van der Waals surface area contributed by atoms with Crippen molar-refractivity contribution in [3.05, 3.63) is 35.4 Å². The van der Waals surface area contributed by atoms with E-state index in [1.807, 2.05) is 0 Å². The molecule has 1 aromatic carbocycles. The zero-order chi connectivity index (χ0) is 13.7. The van der Waals surface area contributed by atoms with Crippen LogP contribution in [-0.2, 0) is 6.42 Å². The average molecular weight is 260 g/mol. The third kappa shape index (κ3) is 3.37. The predicted octanol–water partition coefficient (Wildman–Crippen LogP) is 3.00. The normalized spacial score (nSPS) is 24.6. The smallest absolute Gasteiger partial charge is 0.0333 e. The molecule has 1 unspecified atom stereocenters. The first-order valence-electron chi connectivity index (χ1n) is 7.58. The number of likely N-dealkylation sites (tertiary alicyclic amines) is 1. The molecule has 0 amide bonds. The molecular weight excluding hydrogens is 232 g/mol. The first-order chi connectivity index (χ1) is 9.18. The van der Waals surface area contributed by atoms with E-state index < -0.39 is 0 Å². The Kier molecular flexibility index (Phi) is 5.00. The van der Waals surface area contributed by atoms with Crippen LogP contribution in [0.4, 0.5) is 0 Å². The monoisotopic (exact) mass is 260 g/mol. The van der Waals surface area contributed by atoms with Gasteiger partial charge in [-0.15, -0.1) is 0 Å². The lowest BCUT2D eigenvalue weighted by Crippen LogP contribution is -2.55. The van der Waals surface area contributed by atoms with E-state index in [9.17, 15) is 0 Å². The van der Waals surface area contributed by atoms with Gasteiger partial charge < -0.3 is 5.32 Å². The van der Waals surface area contributed by atoms with Crippen molar-refractivity contribution in [1.82, 2.24) is 10.2 Å². The molecule has 106 valence electrons. The molecule has 1 aromatic rings. The zero-order valence-electron chi connectivity index (χ0n) is 12.7. The molecule has 1 saturated heterocycles. The average Bonchev–Trinajstić information content (AvgIpc) is 2.41. The van der Waals surface area contributed by atoms with Crippen molar-refractivity contribution >= 4 is 0 Å². The molecule has 1 atom stereocenters. The number of nitrogens with zero attached hydrogens (tertiary/aromatic N) is 1. The standard InChI is InChI=1S/C17H28N2/c1-15-8-4-5-9-16(15)10-12-17(14-18-2)11-6-7-13-19(17)3/h4-5,8-9,18H,6-7,10-14H2,1-3H3. The number of rotatable bonds is 5. The van der Waals surface area contributed by atoms with Crippen molar-refractivity contribution in [2.24, 2.45) is 0 Å². The quantitative estimate of drug-likeness (QED) is 0.875. The number of aryl methyl sites for hydroxylation is 2. The van der Waals surface area contributed by atoms with Crippen molar-refractivity contribution in [2.75, 3.05) is 27.2 Å². The lowest BCUT2D eigenvalue weighted by atomic mass is 9.81. The third-order valence-corrected chi connectivity index (χ3v) is 4.82. The number of hydrogen-bond donors (Lipinski definition) is 1. The number of piperidine rings is 1. The van der Waals surface area contributed by atoms with Gasteiger partial charge in [-0.2, -0.15) is 0 Å². The Labute approximate surface area is 118 Å². The van der Waals surface area contributed by atoms with E-state index in [0.717, 1.165) is 6.54 Å². The van der Waals surface area contributed by atoms with E-state index in [0.29, 0.717) is 5.54 Å². The van der Waals surface area contributed by atoms with E-state index in [4.69, 9.17) is 0 Å². The van der Waals surface area contributed by atoms with Gasteiger partial charge in [0.25, 0.3) is 0 Å². The van der Waals surface area contributed by atoms with Gasteiger partial charge >= 0.3 is 0 Å². The highest BCUT2D eigenvalue weighted by Gasteiger charge is 2.35. The molecule has 0 saturated carbocycles. The fourth-order valence-electron chi connectivity index (χ4n) is 3.45. The summed E-state index contributed by atoms with van der Waals surface area (Å²) in [6, 6.07) is 8.81. The first kappa shape index (κ1) is 14.5. The number of hydrogen-bond acceptors (Lipinski definition) is 2. The summed E-state index contributed by atoms with van der Waals surface area (Å²) >= 11 is 0. The molecule has 0 spiro atoms. The lowest BCUT2D eigenvalue weighted by molar-refractivity contribution is 0.0657. The van der Waals surface area contributed by atoms with Crippen molar-refractivity contribution in [2.45, 2.75) is 44.6 Å². The lowest BCUT2D eigenvalue weighted by Gasteiger charge is -2.46. The van der Waals surface area contributed by atoms with Crippen LogP contribution in [0.25, 0.3) is 0 Å². The molecule has 1 N–H and O–H groups in total. The summed E-state index contributed by atoms with van der Waals surface area (Å²) in [7, 11) is 4.38. The van der Waals surface area contributed by atoms with E-state index in [2.05, 4.69) is 55.5 Å². The van der Waals surface area contributed by atoms with Crippen LogP contribution < -0.4 is 5.32 Å². The second-order valence-corrected chi connectivity index (χ2v) is 6.06. The van der Waals surface area contributed by atoms with Crippen LogP contribution in [0.2, 0.25) is 0 Å². The van der Waals surface area contributed by atoms with Gasteiger partial charge in [-0.3, -0.25) is 4.90 Å². The Bertz CT molecular complexity index is 398. The Morgan fingerprint density at radius 3 is 2.74 bits per heavy atom. The van der Waals surface area contributed by atoms with Crippen molar-refractivity contribution in [1.29, 1.82) is 0 Å². The van der Waals surface area contributed by atoms with Gasteiger partial charge in [0.1, 0.15) is 0 Å². The number of likely N-dealkylation sites (N-methyl/N-ethyl adjacent to an activating group) is 2. The second kappa shape index (κ2) is 6.53. The third-order valence-electron chi connectivity index (χ3n) is 4.82. The van der Waals surface area contributed by atoms with Crippen molar-refractivity contribution in [3.63, 3.8) is 0 Å². The summed E-state index contributed by atoms with van der Waals surface area (Å²) < 4.78 is 0. The van der Waals surface area contributed by atoms with Gasteiger partial charge in [0, 0.05) is 12.1 Å². The molecule has 19 heavy (non-hydrogen) atoms. The number of nitrogens with one attached hydrogen (secondary N) is 1. The fraction of sp³-hybridized carbons (Fsp3) is 0.647. The molecule has 0 bridgehead atoms. The van der Waals surface area contributed by atoms with E-state index in [1.54, 1.807) is 0 Å². The minimum atomic E-state index is 0.356. The van der Waals surface area contributed by atoms with Crippen LogP contribution >= 0.6 is 0 Å². The van der Waals surface area contributed by atoms with Gasteiger partial charge in [-0.25, -0.2) is 0 Å². The van der Waals surface area contributed by atoms with Crippen molar-refractivity contribution < 1.29 is 0 Å². The minimum Gasteiger partial charge on any atom is -0.318 e. The fourth-order valence-corrected chi connectivity index (χ4v) is 3.45. The summed E-state index contributed by atoms with van der Waals surface area (Å²) in [6.07, 6.45) is 6.51. The molecule has 2 nitrogen and oxygen atoms in total. The van der Waals surface area contributed by atoms with E-state index in [-0.39, 0.29) is 0 Å². The zero-order valence-corrected chi connectivity index (χ0v) is 12.7. The summed E-state index contributed by atoms with van der Waals surface area (Å²) in [6.45, 7) is 4.58. The van der Waals surface area contributed by atoms with E-state index >= 15 is 0 Å². The summed E-state index contributed by atoms with van der Waals surface area (Å²) in [5.41, 5.74) is 3.30. The molecular formula is C17H28N2. The molecule has 1 aliphatic heterocycles. The van der Waals surface area contributed by atoms with Gasteiger partial charge in [0.05, 0.1) is 0 Å². The van der Waals surface area contributed by atoms with Crippen LogP contribution in [0, 0.1) is 6.92 Å². The molecule has 2 heteroatoms. The van der Waals surface area contributed by atoms with Gasteiger partial charge in [-0.05, 0) is 64.4 Å². The van der Waals surface area contributed by atoms with Crippen molar-refractivity contribution in [3.8, 4) is 0 Å². The van der Waals surface area contributed by atoms with Gasteiger partial charge in [0.2, 0.25) is 0 Å². The summed E-state index contributed by atoms with van der Waals surface area (Å²) in [5.74, 6) is 0. The topological polar surface area (TPSA) is 15.3 Å². The number of benzene rings is 1. The maximum atomic E-state index is 3.42. The van der Waals surface area contributed by atoms with Gasteiger partial charge in [0.15, 0.2) is 0 Å². The first-order valence-corrected chi connectivity index (χ1v) is 7.58. The largest absolute Gasteiger partial charge is 0.318 e. The Balaban J connectivity index is 2.06. The SMILES string of the molecule is CNCC1(CCc2ccccc2C)CCCCN1C. The van der Waals surface area contributed by atoms with Crippen LogP contribution in [0.3, 0.4) is 0 Å². The highest BCUT2D eigenvalue weighted by atomic mass is 15.2. The molecule has 0 aliphatic carbocycles.